The summed E-state index contributed by atoms with van der Waals surface area (Å²) in [6, 6.07) is 12.9. The standard InChI is InChI=1S/C18H12ClN5O2S2/c1-10-2-7-13-14(8-10)28-18(22-13)23-16-15(24(25)26)17(21-9-20-16)27-12-5-3-11(19)4-6-12/h2-9H,1H3,(H,20,21,22,23). The van der Waals surface area contributed by atoms with E-state index in [1.165, 1.54) is 29.4 Å². The first-order chi connectivity index (χ1) is 13.5. The van der Waals surface area contributed by atoms with Gasteiger partial charge in [-0.15, -0.1) is 0 Å². The molecule has 0 amide bonds. The zero-order valence-corrected chi connectivity index (χ0v) is 16.8. The van der Waals surface area contributed by atoms with Crippen LogP contribution in [0.1, 0.15) is 5.56 Å². The van der Waals surface area contributed by atoms with Crippen LogP contribution in [0.15, 0.2) is 58.7 Å². The van der Waals surface area contributed by atoms with Gasteiger partial charge in [0.2, 0.25) is 5.82 Å². The molecule has 2 aromatic heterocycles. The Morgan fingerprint density at radius 3 is 2.71 bits per heavy atom. The lowest BCUT2D eigenvalue weighted by Crippen LogP contribution is -2.02. The average molecular weight is 430 g/mol. The number of rotatable bonds is 5. The third-order valence-electron chi connectivity index (χ3n) is 3.77. The van der Waals surface area contributed by atoms with Gasteiger partial charge in [-0.3, -0.25) is 10.1 Å². The first-order valence-electron chi connectivity index (χ1n) is 8.06. The fourth-order valence-electron chi connectivity index (χ4n) is 2.49. The highest BCUT2D eigenvalue weighted by Crippen LogP contribution is 2.38. The summed E-state index contributed by atoms with van der Waals surface area (Å²) >= 11 is 8.48. The molecule has 0 unspecified atom stereocenters. The molecule has 28 heavy (non-hydrogen) atoms. The number of nitro groups is 1. The summed E-state index contributed by atoms with van der Waals surface area (Å²) in [5.74, 6) is 0.104. The molecule has 0 spiro atoms. The second-order valence-electron chi connectivity index (χ2n) is 5.80. The molecule has 2 heterocycles. The second kappa shape index (κ2) is 7.70. The highest BCUT2D eigenvalue weighted by Gasteiger charge is 2.24. The summed E-state index contributed by atoms with van der Waals surface area (Å²) in [7, 11) is 0. The molecule has 4 rings (SSSR count). The molecule has 0 aliphatic carbocycles. The Balaban J connectivity index is 1.69. The maximum absolute atomic E-state index is 11.7. The van der Waals surface area contributed by atoms with E-state index < -0.39 is 4.92 Å². The van der Waals surface area contributed by atoms with Crippen LogP contribution in [0.4, 0.5) is 16.6 Å². The van der Waals surface area contributed by atoms with E-state index in [1.807, 2.05) is 25.1 Å². The van der Waals surface area contributed by atoms with Crippen molar-refractivity contribution >= 4 is 61.6 Å². The Morgan fingerprint density at radius 2 is 1.96 bits per heavy atom. The molecule has 0 aliphatic heterocycles. The number of nitrogens with one attached hydrogen (secondary N) is 1. The number of fused-ring (bicyclic) bond motifs is 1. The van der Waals surface area contributed by atoms with Crippen molar-refractivity contribution in [2.75, 3.05) is 5.32 Å². The van der Waals surface area contributed by atoms with Gasteiger partial charge in [-0.05, 0) is 48.9 Å². The monoisotopic (exact) mass is 429 g/mol. The van der Waals surface area contributed by atoms with Gasteiger partial charge >= 0.3 is 5.69 Å². The molecule has 0 radical (unpaired) electrons. The lowest BCUT2D eigenvalue weighted by molar-refractivity contribution is -0.387. The molecule has 0 fully saturated rings. The Morgan fingerprint density at radius 1 is 1.18 bits per heavy atom. The van der Waals surface area contributed by atoms with Crippen LogP contribution in [-0.2, 0) is 0 Å². The SMILES string of the molecule is Cc1ccc2nc(Nc3ncnc(Sc4ccc(Cl)cc4)c3[N+](=O)[O-])sc2c1. The van der Waals surface area contributed by atoms with Crippen molar-refractivity contribution in [1.82, 2.24) is 15.0 Å². The molecule has 140 valence electrons. The molecule has 1 N–H and O–H groups in total. The number of hydrogen-bond donors (Lipinski definition) is 1. The molecule has 7 nitrogen and oxygen atoms in total. The van der Waals surface area contributed by atoms with E-state index in [4.69, 9.17) is 11.6 Å². The highest BCUT2D eigenvalue weighted by molar-refractivity contribution is 7.99. The number of aromatic nitrogens is 3. The van der Waals surface area contributed by atoms with Crippen LogP contribution in [0.2, 0.25) is 5.02 Å². The minimum absolute atomic E-state index is 0.104. The van der Waals surface area contributed by atoms with E-state index >= 15 is 0 Å². The zero-order chi connectivity index (χ0) is 19.7. The van der Waals surface area contributed by atoms with E-state index in [0.29, 0.717) is 10.2 Å². The lowest BCUT2D eigenvalue weighted by Gasteiger charge is -2.06. The number of benzene rings is 2. The van der Waals surface area contributed by atoms with Gasteiger partial charge in [0.25, 0.3) is 0 Å². The number of anilines is 2. The summed E-state index contributed by atoms with van der Waals surface area (Å²) in [5, 5.41) is 16.1. The van der Waals surface area contributed by atoms with Crippen molar-refractivity contribution in [2.45, 2.75) is 16.8 Å². The van der Waals surface area contributed by atoms with E-state index in [0.717, 1.165) is 20.7 Å². The summed E-state index contributed by atoms with van der Waals surface area (Å²) in [4.78, 5) is 24.7. The second-order valence-corrected chi connectivity index (χ2v) is 8.33. The van der Waals surface area contributed by atoms with Crippen molar-refractivity contribution in [2.24, 2.45) is 0 Å². The van der Waals surface area contributed by atoms with Crippen molar-refractivity contribution in [3.8, 4) is 0 Å². The van der Waals surface area contributed by atoms with Crippen LogP contribution in [0.25, 0.3) is 10.2 Å². The molecule has 2 aromatic carbocycles. The van der Waals surface area contributed by atoms with Crippen molar-refractivity contribution < 1.29 is 4.92 Å². The number of halogens is 1. The number of hydrogen-bond acceptors (Lipinski definition) is 8. The Hall–Kier alpha value is -2.75. The number of aryl methyl sites for hydroxylation is 1. The van der Waals surface area contributed by atoms with Crippen LogP contribution in [0.5, 0.6) is 0 Å². The molecule has 4 aromatic rings. The van der Waals surface area contributed by atoms with Gasteiger partial charge in [-0.25, -0.2) is 15.0 Å². The Bertz CT molecular complexity index is 1180. The van der Waals surface area contributed by atoms with Crippen molar-refractivity contribution in [3.05, 3.63) is 69.5 Å². The minimum atomic E-state index is -0.488. The summed E-state index contributed by atoms with van der Waals surface area (Å²) in [6.07, 6.45) is 1.30. The minimum Gasteiger partial charge on any atom is -0.310 e. The third-order valence-corrected chi connectivity index (χ3v) is 5.95. The van der Waals surface area contributed by atoms with Gasteiger partial charge in [0, 0.05) is 9.92 Å². The first-order valence-corrected chi connectivity index (χ1v) is 10.1. The Labute approximate surface area is 173 Å². The van der Waals surface area contributed by atoms with E-state index in [2.05, 4.69) is 20.3 Å². The van der Waals surface area contributed by atoms with Gasteiger partial charge in [0.05, 0.1) is 15.1 Å². The molecule has 0 aliphatic rings. The van der Waals surface area contributed by atoms with E-state index in [9.17, 15) is 10.1 Å². The van der Waals surface area contributed by atoms with Gasteiger partial charge in [0.15, 0.2) is 10.2 Å². The van der Waals surface area contributed by atoms with Crippen LogP contribution in [0.3, 0.4) is 0 Å². The number of nitrogens with zero attached hydrogens (tertiary/aromatic N) is 4. The number of thiazole rings is 1. The van der Waals surface area contributed by atoms with Crippen molar-refractivity contribution in [3.63, 3.8) is 0 Å². The smallest absolute Gasteiger partial charge is 0.310 e. The molecule has 0 atom stereocenters. The van der Waals surface area contributed by atoms with E-state index in [-0.39, 0.29) is 16.5 Å². The predicted molar refractivity (Wildman–Crippen MR) is 112 cm³/mol. The maximum atomic E-state index is 11.7. The maximum Gasteiger partial charge on any atom is 0.344 e. The highest BCUT2D eigenvalue weighted by atomic mass is 35.5. The van der Waals surface area contributed by atoms with Crippen molar-refractivity contribution in [1.29, 1.82) is 0 Å². The largest absolute Gasteiger partial charge is 0.344 e. The fraction of sp³-hybridized carbons (Fsp3) is 0.0556. The fourth-order valence-corrected chi connectivity index (χ4v) is 4.45. The van der Waals surface area contributed by atoms with Crippen LogP contribution >= 0.6 is 34.7 Å². The zero-order valence-electron chi connectivity index (χ0n) is 14.4. The normalized spacial score (nSPS) is 10.9. The van der Waals surface area contributed by atoms with Gasteiger partial charge in [-0.2, -0.15) is 0 Å². The molecule has 0 bridgehead atoms. The third kappa shape index (κ3) is 3.91. The van der Waals surface area contributed by atoms with Crippen LogP contribution in [-0.4, -0.2) is 19.9 Å². The van der Waals surface area contributed by atoms with Crippen LogP contribution in [0, 0.1) is 17.0 Å². The molecular weight excluding hydrogens is 418 g/mol. The summed E-state index contributed by atoms with van der Waals surface area (Å²) in [5.41, 5.74) is 1.75. The summed E-state index contributed by atoms with van der Waals surface area (Å²) in [6.45, 7) is 2.00. The molecule has 0 saturated carbocycles. The predicted octanol–water partition coefficient (Wildman–Crippen LogP) is 5.85. The summed E-state index contributed by atoms with van der Waals surface area (Å²) < 4.78 is 0.995. The van der Waals surface area contributed by atoms with E-state index in [1.54, 1.807) is 24.3 Å². The Kier molecular flexibility index (Phi) is 5.12. The van der Waals surface area contributed by atoms with Gasteiger partial charge in [0.1, 0.15) is 6.33 Å². The van der Waals surface area contributed by atoms with Crippen LogP contribution < -0.4 is 5.32 Å². The van der Waals surface area contributed by atoms with Gasteiger partial charge < -0.3 is 5.32 Å². The topological polar surface area (TPSA) is 93.8 Å². The molecular formula is C18H12ClN5O2S2. The average Bonchev–Trinajstić information content (AvgIpc) is 3.05. The lowest BCUT2D eigenvalue weighted by atomic mass is 10.2. The van der Waals surface area contributed by atoms with Gasteiger partial charge in [-0.1, -0.05) is 40.8 Å². The molecule has 0 saturated heterocycles. The quantitative estimate of drug-likeness (QED) is 0.241. The first kappa shape index (κ1) is 18.6. The molecule has 10 heteroatoms.